The summed E-state index contributed by atoms with van der Waals surface area (Å²) in [5.74, 6) is -8.35. The molecule has 2 amide bonds. The molecule has 39 heavy (non-hydrogen) atoms. The number of benzene rings is 3. The van der Waals surface area contributed by atoms with Gasteiger partial charge >= 0.3 is 6.09 Å². The standard InChI is InChI=1S/C28H21F4N3O3S/c29-21-20(18-10-5-2-6-11-18)25(24(32)23(31)22(21)30)35(27-33-13-15-39-27)26(36)19-12-7-14-34(19)28(37)38-16-17-8-3-1-4-9-17/h1-6,8-11,13,15,19H,7,12,14,16H2. The molecule has 0 radical (unpaired) electrons. The van der Waals surface area contributed by atoms with Crippen LogP contribution >= 0.6 is 11.3 Å². The maximum Gasteiger partial charge on any atom is 0.410 e. The van der Waals surface area contributed by atoms with Crippen LogP contribution in [-0.4, -0.2) is 34.5 Å². The minimum absolute atomic E-state index is 0.0164. The van der Waals surface area contributed by atoms with Gasteiger partial charge in [-0.25, -0.2) is 27.3 Å². The lowest BCUT2D eigenvalue weighted by Gasteiger charge is -2.30. The number of carbonyl (C=O) groups is 2. The van der Waals surface area contributed by atoms with Crippen molar-refractivity contribution in [1.82, 2.24) is 9.88 Å². The first kappa shape index (κ1) is 26.4. The molecule has 0 spiro atoms. The number of hydrogen-bond donors (Lipinski definition) is 0. The van der Waals surface area contributed by atoms with E-state index in [1.165, 1.54) is 40.7 Å². The van der Waals surface area contributed by atoms with E-state index in [9.17, 15) is 18.4 Å². The molecule has 1 saturated heterocycles. The second-order valence-corrected chi connectivity index (χ2v) is 9.60. The fourth-order valence-corrected chi connectivity index (χ4v) is 5.17. The molecular formula is C28H21F4N3O3S. The number of anilines is 2. The molecule has 2 heterocycles. The zero-order valence-electron chi connectivity index (χ0n) is 20.3. The molecule has 1 unspecified atom stereocenters. The summed E-state index contributed by atoms with van der Waals surface area (Å²) in [7, 11) is 0. The van der Waals surface area contributed by atoms with E-state index in [0.717, 1.165) is 21.8 Å². The van der Waals surface area contributed by atoms with Gasteiger partial charge < -0.3 is 4.74 Å². The van der Waals surface area contributed by atoms with E-state index >= 15 is 8.78 Å². The third-order valence-electron chi connectivity index (χ3n) is 6.34. The largest absolute Gasteiger partial charge is 0.445 e. The van der Waals surface area contributed by atoms with Crippen LogP contribution < -0.4 is 4.90 Å². The van der Waals surface area contributed by atoms with Gasteiger partial charge in [-0.3, -0.25) is 14.6 Å². The third-order valence-corrected chi connectivity index (χ3v) is 7.09. The monoisotopic (exact) mass is 555 g/mol. The van der Waals surface area contributed by atoms with Crippen LogP contribution in [0.2, 0.25) is 0 Å². The van der Waals surface area contributed by atoms with Crippen molar-refractivity contribution < 1.29 is 31.9 Å². The lowest BCUT2D eigenvalue weighted by atomic mass is 10.0. The number of aromatic nitrogens is 1. The number of ether oxygens (including phenoxy) is 1. The number of thiazole rings is 1. The molecule has 0 bridgehead atoms. The van der Waals surface area contributed by atoms with E-state index in [-0.39, 0.29) is 30.3 Å². The molecule has 4 aromatic rings. The highest BCUT2D eigenvalue weighted by Crippen LogP contribution is 2.43. The number of rotatable bonds is 6. The van der Waals surface area contributed by atoms with E-state index in [1.54, 1.807) is 30.3 Å². The van der Waals surface area contributed by atoms with E-state index in [2.05, 4.69) is 4.98 Å². The van der Waals surface area contributed by atoms with Crippen LogP contribution in [0.25, 0.3) is 11.1 Å². The van der Waals surface area contributed by atoms with Gasteiger partial charge in [0.25, 0.3) is 5.91 Å². The summed E-state index contributed by atoms with van der Waals surface area (Å²) in [4.78, 5) is 33.0. The number of nitrogens with zero attached hydrogens (tertiary/aromatic N) is 3. The molecule has 1 fully saturated rings. The van der Waals surface area contributed by atoms with Crippen molar-refractivity contribution in [2.24, 2.45) is 0 Å². The molecule has 11 heteroatoms. The highest BCUT2D eigenvalue weighted by Gasteiger charge is 2.42. The van der Waals surface area contributed by atoms with Gasteiger partial charge in [0.2, 0.25) is 0 Å². The fraction of sp³-hybridized carbons (Fsp3) is 0.179. The highest BCUT2D eigenvalue weighted by molar-refractivity contribution is 7.13. The first-order chi connectivity index (χ1) is 18.9. The van der Waals surface area contributed by atoms with Gasteiger partial charge in [0.15, 0.2) is 28.4 Å². The van der Waals surface area contributed by atoms with Gasteiger partial charge in [0, 0.05) is 23.7 Å². The van der Waals surface area contributed by atoms with Gasteiger partial charge in [-0.15, -0.1) is 11.3 Å². The van der Waals surface area contributed by atoms with Gasteiger partial charge in [-0.1, -0.05) is 60.7 Å². The van der Waals surface area contributed by atoms with Crippen LogP contribution in [0.15, 0.2) is 72.2 Å². The number of amides is 2. The van der Waals surface area contributed by atoms with Crippen LogP contribution in [0.5, 0.6) is 0 Å². The summed E-state index contributed by atoms with van der Waals surface area (Å²) in [6.07, 6.45) is 1.18. The van der Waals surface area contributed by atoms with E-state index in [1.807, 2.05) is 6.07 Å². The Morgan fingerprint density at radius 1 is 0.949 bits per heavy atom. The predicted octanol–water partition coefficient (Wildman–Crippen LogP) is 6.83. The van der Waals surface area contributed by atoms with Crippen molar-refractivity contribution in [2.75, 3.05) is 11.4 Å². The Hall–Kier alpha value is -4.25. The zero-order chi connectivity index (χ0) is 27.5. The molecule has 1 atom stereocenters. The molecule has 200 valence electrons. The minimum Gasteiger partial charge on any atom is -0.445 e. The number of carbonyl (C=O) groups excluding carboxylic acids is 2. The molecule has 0 N–H and O–H groups in total. The molecular weight excluding hydrogens is 534 g/mol. The van der Waals surface area contributed by atoms with Crippen LogP contribution in [0, 0.1) is 23.3 Å². The smallest absolute Gasteiger partial charge is 0.410 e. The van der Waals surface area contributed by atoms with Gasteiger partial charge in [0.05, 0.1) is 0 Å². The summed E-state index contributed by atoms with van der Waals surface area (Å²) >= 11 is 0.913. The Kier molecular flexibility index (Phi) is 7.60. The van der Waals surface area contributed by atoms with Crippen LogP contribution in [0.4, 0.5) is 33.2 Å². The zero-order valence-corrected chi connectivity index (χ0v) is 21.1. The van der Waals surface area contributed by atoms with Crippen molar-refractivity contribution in [3.8, 4) is 11.1 Å². The number of likely N-dealkylation sites (tertiary alicyclic amines) is 1. The van der Waals surface area contributed by atoms with E-state index in [0.29, 0.717) is 6.42 Å². The predicted molar refractivity (Wildman–Crippen MR) is 137 cm³/mol. The van der Waals surface area contributed by atoms with Gasteiger partial charge in [0.1, 0.15) is 18.3 Å². The first-order valence-corrected chi connectivity index (χ1v) is 12.9. The average Bonchev–Trinajstić information content (AvgIpc) is 3.68. The summed E-state index contributed by atoms with van der Waals surface area (Å²) in [6.45, 7) is 0.143. The quantitative estimate of drug-likeness (QED) is 0.149. The summed E-state index contributed by atoms with van der Waals surface area (Å²) in [6, 6.07) is 15.2. The normalized spacial score (nSPS) is 14.9. The summed E-state index contributed by atoms with van der Waals surface area (Å²) in [5, 5.41) is 1.39. The first-order valence-electron chi connectivity index (χ1n) is 12.0. The maximum atomic E-state index is 15.5. The van der Waals surface area contributed by atoms with Gasteiger partial charge in [-0.05, 0) is 24.0 Å². The van der Waals surface area contributed by atoms with Crippen molar-refractivity contribution >= 4 is 34.2 Å². The Morgan fingerprint density at radius 3 is 2.28 bits per heavy atom. The molecule has 5 rings (SSSR count). The molecule has 3 aromatic carbocycles. The van der Waals surface area contributed by atoms with Crippen molar-refractivity contribution in [3.63, 3.8) is 0 Å². The Balaban J connectivity index is 1.56. The Labute approximate surface area is 225 Å². The molecule has 1 aliphatic heterocycles. The Morgan fingerprint density at radius 2 is 1.62 bits per heavy atom. The fourth-order valence-electron chi connectivity index (χ4n) is 4.52. The van der Waals surface area contributed by atoms with Crippen molar-refractivity contribution in [2.45, 2.75) is 25.5 Å². The second-order valence-electron chi connectivity index (χ2n) is 8.73. The van der Waals surface area contributed by atoms with Gasteiger partial charge in [-0.2, -0.15) is 0 Å². The average molecular weight is 556 g/mol. The third kappa shape index (κ3) is 5.09. The lowest BCUT2D eigenvalue weighted by molar-refractivity contribution is -0.121. The van der Waals surface area contributed by atoms with E-state index in [4.69, 9.17) is 4.74 Å². The molecule has 0 saturated carbocycles. The molecule has 0 aliphatic carbocycles. The number of hydrogen-bond acceptors (Lipinski definition) is 5. The number of halogens is 4. The topological polar surface area (TPSA) is 62.7 Å². The maximum absolute atomic E-state index is 15.5. The summed E-state index contributed by atoms with van der Waals surface area (Å²) in [5.41, 5.74) is -0.722. The van der Waals surface area contributed by atoms with Crippen molar-refractivity contribution in [1.29, 1.82) is 0 Å². The van der Waals surface area contributed by atoms with Crippen LogP contribution in [-0.2, 0) is 16.1 Å². The van der Waals surface area contributed by atoms with Crippen LogP contribution in [0.3, 0.4) is 0 Å². The second kappa shape index (κ2) is 11.2. The summed E-state index contributed by atoms with van der Waals surface area (Å²) < 4.78 is 65.3. The molecule has 1 aliphatic rings. The SMILES string of the molecule is O=C(C1CCCN1C(=O)OCc1ccccc1)N(c1nccs1)c1c(F)c(F)c(F)c(F)c1-c1ccccc1. The van der Waals surface area contributed by atoms with Crippen LogP contribution in [0.1, 0.15) is 18.4 Å². The molecule has 6 nitrogen and oxygen atoms in total. The molecule has 1 aromatic heterocycles. The van der Waals surface area contributed by atoms with E-state index < -0.39 is 52.6 Å². The minimum atomic E-state index is -2.07. The highest BCUT2D eigenvalue weighted by atomic mass is 32.1. The van der Waals surface area contributed by atoms with Crippen molar-refractivity contribution in [3.05, 3.63) is 101 Å². The Bertz CT molecular complexity index is 1490. The lowest BCUT2D eigenvalue weighted by Crippen LogP contribution is -2.47.